The monoisotopic (exact) mass is 461 g/mol. The van der Waals surface area contributed by atoms with Crippen molar-refractivity contribution in [2.45, 2.75) is 13.5 Å². The van der Waals surface area contributed by atoms with Gasteiger partial charge in [0.1, 0.15) is 11.6 Å². The van der Waals surface area contributed by atoms with Crippen LogP contribution in [0, 0.1) is 12.7 Å². The third-order valence-electron chi connectivity index (χ3n) is 3.86. The Balaban J connectivity index is 0.00000208. The predicted molar refractivity (Wildman–Crippen MR) is 108 cm³/mol. The highest BCUT2D eigenvalue weighted by Crippen LogP contribution is 2.17. The number of benzene rings is 1. The van der Waals surface area contributed by atoms with Crippen LogP contribution in [0.2, 0.25) is 0 Å². The number of halogens is 2. The zero-order valence-electron chi connectivity index (χ0n) is 13.5. The fourth-order valence-corrected chi connectivity index (χ4v) is 3.44. The topological polar surface area (TPSA) is 59.4 Å². The van der Waals surface area contributed by atoms with Gasteiger partial charge in [0.2, 0.25) is 0 Å². The van der Waals surface area contributed by atoms with E-state index in [4.69, 9.17) is 5.73 Å². The number of aromatic nitrogens is 2. The van der Waals surface area contributed by atoms with E-state index in [-0.39, 0.29) is 29.8 Å². The van der Waals surface area contributed by atoms with Gasteiger partial charge >= 0.3 is 0 Å². The van der Waals surface area contributed by atoms with Crippen molar-refractivity contribution in [2.24, 2.45) is 10.7 Å². The molecule has 0 radical (unpaired) electrons. The molecule has 0 atom stereocenters. The van der Waals surface area contributed by atoms with Crippen molar-refractivity contribution in [3.05, 3.63) is 47.8 Å². The molecule has 0 saturated carbocycles. The minimum atomic E-state index is -0.285. The van der Waals surface area contributed by atoms with Gasteiger partial charge < -0.3 is 15.2 Å². The number of aliphatic imine (C=N–C) groups is 1. The van der Waals surface area contributed by atoms with Crippen LogP contribution in [0.4, 0.5) is 4.39 Å². The van der Waals surface area contributed by atoms with E-state index in [0.29, 0.717) is 18.2 Å². The van der Waals surface area contributed by atoms with E-state index in [9.17, 15) is 4.39 Å². The minimum Gasteiger partial charge on any atom is -0.370 e. The Bertz CT molecular complexity index is 712. The number of rotatable bonds is 3. The van der Waals surface area contributed by atoms with E-state index in [1.165, 1.54) is 6.07 Å². The van der Waals surface area contributed by atoms with Gasteiger partial charge in [-0.05, 0) is 24.6 Å². The molecule has 2 N–H and O–H groups in total. The molecule has 130 valence electrons. The second kappa shape index (κ2) is 8.70. The van der Waals surface area contributed by atoms with E-state index in [2.05, 4.69) is 14.9 Å². The molecule has 2 heterocycles. The van der Waals surface area contributed by atoms with Gasteiger partial charge in [-0.1, -0.05) is 6.07 Å². The third-order valence-corrected chi connectivity index (χ3v) is 4.80. The van der Waals surface area contributed by atoms with Crippen LogP contribution in [0.15, 0.2) is 35.6 Å². The lowest BCUT2D eigenvalue weighted by molar-refractivity contribution is 0.455. The molecule has 1 aliphatic heterocycles. The molecule has 24 heavy (non-hydrogen) atoms. The maximum Gasteiger partial charge on any atom is 0.191 e. The van der Waals surface area contributed by atoms with Crippen LogP contribution in [0.5, 0.6) is 0 Å². The number of imidazole rings is 1. The van der Waals surface area contributed by atoms with E-state index < -0.39 is 0 Å². The highest BCUT2D eigenvalue weighted by molar-refractivity contribution is 14.0. The fourth-order valence-electron chi connectivity index (χ4n) is 2.54. The van der Waals surface area contributed by atoms with Crippen molar-refractivity contribution < 1.29 is 4.39 Å². The van der Waals surface area contributed by atoms with Gasteiger partial charge in [0.05, 0.1) is 12.2 Å². The second-order valence-corrected chi connectivity index (χ2v) is 6.63. The second-order valence-electron chi connectivity index (χ2n) is 5.40. The van der Waals surface area contributed by atoms with Crippen LogP contribution in [-0.4, -0.2) is 45.0 Å². The summed E-state index contributed by atoms with van der Waals surface area (Å²) in [6.07, 6.45) is 3.41. The zero-order chi connectivity index (χ0) is 16.2. The number of nitrogens with zero attached hydrogens (tertiary/aromatic N) is 4. The van der Waals surface area contributed by atoms with Crippen LogP contribution in [0.25, 0.3) is 5.69 Å². The van der Waals surface area contributed by atoms with E-state index >= 15 is 0 Å². The summed E-state index contributed by atoms with van der Waals surface area (Å²) in [6, 6.07) is 5.14. The molecule has 0 aliphatic carbocycles. The van der Waals surface area contributed by atoms with Crippen molar-refractivity contribution in [2.75, 3.05) is 24.6 Å². The lowest BCUT2D eigenvalue weighted by Crippen LogP contribution is -2.42. The molecule has 0 bridgehead atoms. The Hall–Kier alpha value is -1.29. The van der Waals surface area contributed by atoms with E-state index in [0.717, 1.165) is 36.0 Å². The van der Waals surface area contributed by atoms with Crippen LogP contribution in [0.1, 0.15) is 11.4 Å². The maximum absolute atomic E-state index is 14.3. The summed E-state index contributed by atoms with van der Waals surface area (Å²) in [5.41, 5.74) is 7.32. The quantitative estimate of drug-likeness (QED) is 0.434. The van der Waals surface area contributed by atoms with Crippen molar-refractivity contribution >= 4 is 41.7 Å². The van der Waals surface area contributed by atoms with Crippen molar-refractivity contribution in [1.82, 2.24) is 14.5 Å². The molecular formula is C16H21FIN5S. The average Bonchev–Trinajstić information content (AvgIpc) is 2.99. The SMILES string of the molecule is Cc1nccn1-c1ccc(CN=C(N)N2CCSCC2)cc1F.I. The molecule has 2 aromatic rings. The number of aryl methyl sites for hydroxylation is 1. The van der Waals surface area contributed by atoms with Crippen LogP contribution in [0.3, 0.4) is 0 Å². The zero-order valence-corrected chi connectivity index (χ0v) is 16.6. The highest BCUT2D eigenvalue weighted by Gasteiger charge is 2.12. The Labute approximate surface area is 162 Å². The molecule has 5 nitrogen and oxygen atoms in total. The van der Waals surface area contributed by atoms with Gasteiger partial charge in [-0.15, -0.1) is 24.0 Å². The van der Waals surface area contributed by atoms with E-state index in [1.807, 2.05) is 24.8 Å². The van der Waals surface area contributed by atoms with Gasteiger partial charge in [0.15, 0.2) is 5.96 Å². The lowest BCUT2D eigenvalue weighted by Gasteiger charge is -2.27. The molecule has 0 unspecified atom stereocenters. The molecule has 1 aliphatic rings. The molecule has 3 rings (SSSR count). The molecule has 8 heteroatoms. The first-order valence-electron chi connectivity index (χ1n) is 7.56. The lowest BCUT2D eigenvalue weighted by atomic mass is 10.2. The summed E-state index contributed by atoms with van der Waals surface area (Å²) >= 11 is 1.92. The average molecular weight is 461 g/mol. The molecule has 0 spiro atoms. The van der Waals surface area contributed by atoms with Crippen molar-refractivity contribution in [1.29, 1.82) is 0 Å². The predicted octanol–water partition coefficient (Wildman–Crippen LogP) is 2.80. The van der Waals surface area contributed by atoms with Gasteiger partial charge in [0, 0.05) is 37.0 Å². The summed E-state index contributed by atoms with van der Waals surface area (Å²) in [5.74, 6) is 3.15. The first kappa shape index (κ1) is 19.0. The first-order valence-corrected chi connectivity index (χ1v) is 8.72. The number of hydrogen-bond donors (Lipinski definition) is 1. The van der Waals surface area contributed by atoms with Gasteiger partial charge in [-0.2, -0.15) is 11.8 Å². The Morgan fingerprint density at radius 1 is 1.38 bits per heavy atom. The first-order chi connectivity index (χ1) is 11.1. The Morgan fingerprint density at radius 3 is 2.75 bits per heavy atom. The Kier molecular flexibility index (Phi) is 6.90. The summed E-state index contributed by atoms with van der Waals surface area (Å²) in [4.78, 5) is 10.6. The fraction of sp³-hybridized carbons (Fsp3) is 0.375. The number of hydrogen-bond acceptors (Lipinski definition) is 3. The third kappa shape index (κ3) is 4.41. The Morgan fingerprint density at radius 2 is 2.12 bits per heavy atom. The van der Waals surface area contributed by atoms with Gasteiger partial charge in [0.25, 0.3) is 0 Å². The summed E-state index contributed by atoms with van der Waals surface area (Å²) in [6.45, 7) is 4.07. The normalized spacial score (nSPS) is 15.2. The van der Waals surface area contributed by atoms with Crippen molar-refractivity contribution in [3.8, 4) is 5.69 Å². The summed E-state index contributed by atoms with van der Waals surface area (Å²) in [5, 5.41) is 0. The highest BCUT2D eigenvalue weighted by atomic mass is 127. The van der Waals surface area contributed by atoms with Crippen LogP contribution >= 0.6 is 35.7 Å². The largest absolute Gasteiger partial charge is 0.370 e. The number of nitrogens with two attached hydrogens (primary N) is 1. The van der Waals surface area contributed by atoms with Crippen molar-refractivity contribution in [3.63, 3.8) is 0 Å². The molecule has 1 aromatic heterocycles. The smallest absolute Gasteiger partial charge is 0.191 e. The van der Waals surface area contributed by atoms with Gasteiger partial charge in [-0.25, -0.2) is 14.4 Å². The van der Waals surface area contributed by atoms with E-state index in [1.54, 1.807) is 23.0 Å². The molecule has 0 amide bonds. The molecule has 1 saturated heterocycles. The standard InChI is InChI=1S/C16H20FN5S.HI/c1-12-19-4-5-22(12)15-3-2-13(10-14(15)17)11-20-16(18)21-6-8-23-9-7-21;/h2-5,10H,6-9,11H2,1H3,(H2,18,20);1H. The van der Waals surface area contributed by atoms with Crippen LogP contribution < -0.4 is 5.73 Å². The molecule has 1 fully saturated rings. The number of thioether (sulfide) groups is 1. The van der Waals surface area contributed by atoms with Crippen LogP contribution in [-0.2, 0) is 6.54 Å². The summed E-state index contributed by atoms with van der Waals surface area (Å²) < 4.78 is 16.1. The molecular weight excluding hydrogens is 440 g/mol. The summed E-state index contributed by atoms with van der Waals surface area (Å²) in [7, 11) is 0. The maximum atomic E-state index is 14.3. The molecule has 1 aromatic carbocycles. The number of guanidine groups is 1. The van der Waals surface area contributed by atoms with Gasteiger partial charge in [-0.3, -0.25) is 0 Å². The minimum absolute atomic E-state index is 0.